The molecule has 0 amide bonds. The molecular weight excluding hydrogens is 437 g/mol. The maximum atomic E-state index is 11.4. The van der Waals surface area contributed by atoms with Gasteiger partial charge in [-0.05, 0) is 76.0 Å². The van der Waals surface area contributed by atoms with Crippen LogP contribution in [0, 0.1) is 63.7 Å². The first-order valence-electron chi connectivity index (χ1n) is 7.48. The minimum absolute atomic E-state index is 0. The van der Waals surface area contributed by atoms with Crippen LogP contribution in [-0.4, -0.2) is 23.4 Å². The van der Waals surface area contributed by atoms with E-state index >= 15 is 0 Å². The Hall–Kier alpha value is -1.11. The van der Waals surface area contributed by atoms with Crippen LogP contribution < -0.4 is 5.14 Å². The van der Waals surface area contributed by atoms with E-state index in [9.17, 15) is 8.42 Å². The number of sulfonamides is 1. The van der Waals surface area contributed by atoms with Crippen LogP contribution in [0.4, 0.5) is 0 Å². The summed E-state index contributed by atoms with van der Waals surface area (Å²) in [4.78, 5) is 0.0407. The average Bonchev–Trinajstić information content (AvgIpc) is 3.37. The third-order valence-electron chi connectivity index (χ3n) is 3.45. The normalized spacial score (nSPS) is 17.4. The molecule has 2 fully saturated rings. The Morgan fingerprint density at radius 1 is 0.923 bits per heavy atom. The number of rotatable bonds is 3. The van der Waals surface area contributed by atoms with Crippen molar-refractivity contribution in [3.63, 3.8) is 0 Å². The van der Waals surface area contributed by atoms with Gasteiger partial charge < -0.3 is 0 Å². The van der Waals surface area contributed by atoms with Gasteiger partial charge in [0.15, 0.2) is 0 Å². The molecule has 132 valence electrons. The molecule has 0 saturated heterocycles. The quantitative estimate of drug-likeness (QED) is 0.716. The molecule has 1 aromatic carbocycles. The van der Waals surface area contributed by atoms with Gasteiger partial charge >= 0.3 is 19.5 Å². The van der Waals surface area contributed by atoms with Gasteiger partial charge in [0, 0.05) is 5.92 Å². The monoisotopic (exact) mass is 454 g/mol. The Bertz CT molecular complexity index is 789. The molecule has 2 aromatic rings. The van der Waals surface area contributed by atoms with E-state index in [1.54, 1.807) is 23.0 Å². The van der Waals surface area contributed by atoms with Crippen LogP contribution >= 0.6 is 0 Å². The van der Waals surface area contributed by atoms with E-state index in [4.69, 9.17) is 5.14 Å². The maximum Gasteiger partial charge on any atom is 2.00 e. The summed E-state index contributed by atoms with van der Waals surface area (Å²) in [6.07, 6.45) is 19.3. The van der Waals surface area contributed by atoms with E-state index < -0.39 is 10.0 Å². The van der Waals surface area contributed by atoms with Crippen LogP contribution in [0.2, 0.25) is 0 Å². The molecule has 2 aliphatic carbocycles. The van der Waals surface area contributed by atoms with Crippen LogP contribution in [0.5, 0.6) is 0 Å². The van der Waals surface area contributed by atoms with Crippen molar-refractivity contribution >= 4 is 10.0 Å². The Morgan fingerprint density at radius 2 is 1.54 bits per heavy atom. The van der Waals surface area contributed by atoms with E-state index in [1.807, 2.05) is 57.8 Å². The number of primary sulfonamides is 1. The minimum Gasteiger partial charge on any atom is -0.225 e. The third kappa shape index (κ3) is 5.44. The fraction of sp³-hybridized carbons (Fsp3) is 0. The summed E-state index contributed by atoms with van der Waals surface area (Å²) in [5.74, 6) is 0.955. The largest absolute Gasteiger partial charge is 2.00 e. The van der Waals surface area contributed by atoms with Crippen molar-refractivity contribution in [2.24, 2.45) is 5.14 Å². The first-order chi connectivity index (χ1) is 12.1. The van der Waals surface area contributed by atoms with Crippen molar-refractivity contribution < 1.29 is 27.9 Å². The number of hydrogen-bond donors (Lipinski definition) is 1. The number of nitrogens with zero attached hydrogens (tertiary/aromatic N) is 3. The number of aromatic nitrogens is 3. The molecule has 1 heterocycles. The van der Waals surface area contributed by atoms with Gasteiger partial charge in [-0.3, -0.25) is 0 Å². The summed E-state index contributed by atoms with van der Waals surface area (Å²) >= 11 is 0. The van der Waals surface area contributed by atoms with E-state index in [-0.39, 0.29) is 24.4 Å². The predicted octanol–water partition coefficient (Wildman–Crippen LogP) is 1.69. The number of hydrogen-bond acceptors (Lipinski definition) is 4. The van der Waals surface area contributed by atoms with Crippen LogP contribution in [-0.2, 0) is 29.5 Å². The van der Waals surface area contributed by atoms with Crippen molar-refractivity contribution in [1.29, 1.82) is 0 Å². The second-order valence-electron chi connectivity index (χ2n) is 5.21. The zero-order valence-electron chi connectivity index (χ0n) is 13.6. The fourth-order valence-corrected chi connectivity index (χ4v) is 2.83. The second-order valence-corrected chi connectivity index (χ2v) is 6.77. The molecule has 0 bridgehead atoms. The van der Waals surface area contributed by atoms with E-state index in [0.717, 1.165) is 11.6 Å². The molecule has 8 heteroatoms. The molecule has 2 aliphatic rings. The number of benzene rings is 1. The summed E-state index contributed by atoms with van der Waals surface area (Å²) in [6, 6.07) is 6.27. The molecule has 4 rings (SSSR count). The molecule has 6 nitrogen and oxygen atoms in total. The smallest absolute Gasteiger partial charge is 0.225 e. The summed E-state index contributed by atoms with van der Waals surface area (Å²) in [6.45, 7) is 0. The molecule has 10 radical (unpaired) electrons. The van der Waals surface area contributed by atoms with Gasteiger partial charge in [0.1, 0.15) is 0 Å². The van der Waals surface area contributed by atoms with E-state index in [1.165, 1.54) is 12.1 Å². The van der Waals surface area contributed by atoms with Crippen molar-refractivity contribution in [2.75, 3.05) is 0 Å². The van der Waals surface area contributed by atoms with Gasteiger partial charge in [-0.25, -0.2) is 18.2 Å². The average molecular weight is 453 g/mol. The molecule has 2 N–H and O–H groups in total. The molecule has 0 atom stereocenters. The first kappa shape index (κ1) is 21.2. The fourth-order valence-electron chi connectivity index (χ4n) is 2.28. The first-order valence-corrected chi connectivity index (χ1v) is 9.03. The second kappa shape index (κ2) is 9.72. The molecule has 0 spiro atoms. The van der Waals surface area contributed by atoms with Gasteiger partial charge in [-0.1, -0.05) is 11.3 Å². The Kier molecular flexibility index (Phi) is 7.92. The van der Waals surface area contributed by atoms with Crippen molar-refractivity contribution in [3.05, 3.63) is 99.9 Å². The van der Waals surface area contributed by atoms with Crippen molar-refractivity contribution in [1.82, 2.24) is 15.0 Å². The predicted molar refractivity (Wildman–Crippen MR) is 93.8 cm³/mol. The van der Waals surface area contributed by atoms with Crippen LogP contribution in [0.15, 0.2) is 35.4 Å². The minimum atomic E-state index is -3.74. The molecule has 1 aromatic heterocycles. The summed E-state index contributed by atoms with van der Waals surface area (Å²) < 4.78 is 24.4. The summed E-state index contributed by atoms with van der Waals surface area (Å²) in [5, 5.41) is 13.0. The van der Waals surface area contributed by atoms with Crippen LogP contribution in [0.1, 0.15) is 5.69 Å². The van der Waals surface area contributed by atoms with Crippen LogP contribution in [0.25, 0.3) is 5.69 Å². The standard InChI is InChI=1S/C13H11N4O2S.C5H5.Ru/c14-20(18,19)12-7-3-6-11(8-12)17-13(9-15-16-17)10-4-1-2-5-10;1-2-4-5-3-1;/h1-9H,(H2,14,18,19);1-5H;/q;;+2. The zero-order chi connectivity index (χ0) is 17.7. The SMILES string of the molecule is NS(=O)(=O)c1cccc(-n2nncc2[C]2[CH][CH][CH][CH]2)c1.[CH]1[CH][CH][CH][CH]1.[Ru+2]. The van der Waals surface area contributed by atoms with E-state index in [0.29, 0.717) is 5.69 Å². The summed E-state index contributed by atoms with van der Waals surface area (Å²) in [5.41, 5.74) is 1.37. The molecule has 26 heavy (non-hydrogen) atoms. The van der Waals surface area contributed by atoms with Crippen molar-refractivity contribution in [2.45, 2.75) is 4.90 Å². The van der Waals surface area contributed by atoms with Gasteiger partial charge in [0.2, 0.25) is 10.0 Å². The van der Waals surface area contributed by atoms with Gasteiger partial charge in [0.25, 0.3) is 0 Å². The van der Waals surface area contributed by atoms with Gasteiger partial charge in [0.05, 0.1) is 22.5 Å². The Balaban J connectivity index is 0.000000351. The zero-order valence-corrected chi connectivity index (χ0v) is 16.1. The molecule has 2 saturated carbocycles. The van der Waals surface area contributed by atoms with Crippen molar-refractivity contribution in [3.8, 4) is 5.69 Å². The molecular formula is C18H16N4O2RuS+2. The van der Waals surface area contributed by atoms with Gasteiger partial charge in [-0.2, -0.15) is 0 Å². The summed E-state index contributed by atoms with van der Waals surface area (Å²) in [7, 11) is -3.74. The topological polar surface area (TPSA) is 90.9 Å². The Morgan fingerprint density at radius 3 is 2.12 bits per heavy atom. The van der Waals surface area contributed by atoms with Gasteiger partial charge in [-0.15, -0.1) is 5.10 Å². The molecule has 0 aliphatic heterocycles. The van der Waals surface area contributed by atoms with E-state index in [2.05, 4.69) is 10.3 Å². The Labute approximate surface area is 168 Å². The number of nitrogens with two attached hydrogens (primary N) is 1. The third-order valence-corrected chi connectivity index (χ3v) is 4.37. The molecule has 0 unspecified atom stereocenters. The maximum absolute atomic E-state index is 11.4. The van der Waals surface area contributed by atoms with Crippen LogP contribution in [0.3, 0.4) is 0 Å².